The Morgan fingerprint density at radius 2 is 1.59 bits per heavy atom. The standard InChI is InChI=1S/C24H19N5/c25-15-17-6-3-7-18(14-17)23(20-9-1-2-13-28-20)24(19-8-5-12-27-16-19)21-10-4-11-22(26)29-21/h1-14,16,23-24H,(H2,26,29). The topological polar surface area (TPSA) is 88.5 Å². The molecule has 0 bridgehead atoms. The molecule has 0 fully saturated rings. The summed E-state index contributed by atoms with van der Waals surface area (Å²) in [6.45, 7) is 0. The van der Waals surface area contributed by atoms with Gasteiger partial charge in [-0.15, -0.1) is 0 Å². The van der Waals surface area contributed by atoms with E-state index in [4.69, 9.17) is 5.73 Å². The Morgan fingerprint density at radius 1 is 0.793 bits per heavy atom. The van der Waals surface area contributed by atoms with Gasteiger partial charge in [-0.25, -0.2) is 4.98 Å². The van der Waals surface area contributed by atoms with Gasteiger partial charge in [-0.2, -0.15) is 5.26 Å². The number of pyridine rings is 3. The molecule has 0 amide bonds. The summed E-state index contributed by atoms with van der Waals surface area (Å²) < 4.78 is 0. The predicted molar refractivity (Wildman–Crippen MR) is 112 cm³/mol. The third kappa shape index (κ3) is 3.97. The molecule has 0 spiro atoms. The zero-order valence-electron chi connectivity index (χ0n) is 15.7. The third-order valence-electron chi connectivity index (χ3n) is 4.87. The van der Waals surface area contributed by atoms with Crippen LogP contribution in [-0.2, 0) is 0 Å². The van der Waals surface area contributed by atoms with Crippen molar-refractivity contribution < 1.29 is 0 Å². The van der Waals surface area contributed by atoms with Crippen LogP contribution in [0, 0.1) is 11.3 Å². The molecule has 1 aromatic carbocycles. The van der Waals surface area contributed by atoms with Crippen molar-refractivity contribution in [2.24, 2.45) is 0 Å². The van der Waals surface area contributed by atoms with Crippen LogP contribution in [0.1, 0.15) is 39.9 Å². The van der Waals surface area contributed by atoms with Crippen LogP contribution in [0.3, 0.4) is 0 Å². The zero-order valence-corrected chi connectivity index (χ0v) is 15.7. The van der Waals surface area contributed by atoms with E-state index in [1.807, 2.05) is 66.9 Å². The van der Waals surface area contributed by atoms with E-state index in [9.17, 15) is 5.26 Å². The summed E-state index contributed by atoms with van der Waals surface area (Å²) in [5.41, 5.74) is 10.3. The maximum atomic E-state index is 9.42. The second kappa shape index (κ2) is 8.32. The molecule has 3 heterocycles. The number of anilines is 1. The van der Waals surface area contributed by atoms with Crippen molar-refractivity contribution in [3.63, 3.8) is 0 Å². The highest BCUT2D eigenvalue weighted by Gasteiger charge is 2.30. The minimum absolute atomic E-state index is 0.164. The Labute approximate surface area is 169 Å². The van der Waals surface area contributed by atoms with Crippen LogP contribution in [0.2, 0.25) is 0 Å². The highest BCUT2D eigenvalue weighted by atomic mass is 14.8. The van der Waals surface area contributed by atoms with E-state index in [0.29, 0.717) is 11.4 Å². The first-order valence-corrected chi connectivity index (χ1v) is 9.29. The minimum Gasteiger partial charge on any atom is -0.384 e. The fourth-order valence-corrected chi connectivity index (χ4v) is 3.63. The number of hydrogen-bond acceptors (Lipinski definition) is 5. The summed E-state index contributed by atoms with van der Waals surface area (Å²) >= 11 is 0. The van der Waals surface area contributed by atoms with Gasteiger partial charge in [0, 0.05) is 36.1 Å². The molecular weight excluding hydrogens is 358 g/mol. The Morgan fingerprint density at radius 3 is 2.31 bits per heavy atom. The van der Waals surface area contributed by atoms with Gasteiger partial charge < -0.3 is 5.73 Å². The fourth-order valence-electron chi connectivity index (χ4n) is 3.63. The largest absolute Gasteiger partial charge is 0.384 e. The minimum atomic E-state index is -0.170. The number of benzene rings is 1. The van der Waals surface area contributed by atoms with E-state index >= 15 is 0 Å². The fraction of sp³-hybridized carbons (Fsp3) is 0.0833. The van der Waals surface area contributed by atoms with Gasteiger partial charge in [-0.3, -0.25) is 9.97 Å². The molecule has 0 aliphatic rings. The van der Waals surface area contributed by atoms with Gasteiger partial charge in [0.1, 0.15) is 5.82 Å². The lowest BCUT2D eigenvalue weighted by Gasteiger charge is -2.27. The first-order valence-electron chi connectivity index (χ1n) is 9.29. The van der Waals surface area contributed by atoms with Gasteiger partial charge in [-0.1, -0.05) is 30.3 Å². The van der Waals surface area contributed by atoms with Gasteiger partial charge in [0.15, 0.2) is 0 Å². The number of hydrogen-bond donors (Lipinski definition) is 1. The van der Waals surface area contributed by atoms with E-state index in [0.717, 1.165) is 22.5 Å². The molecule has 0 saturated heterocycles. The van der Waals surface area contributed by atoms with Crippen molar-refractivity contribution >= 4 is 5.82 Å². The van der Waals surface area contributed by atoms with Crippen LogP contribution in [0.15, 0.2) is 91.4 Å². The highest BCUT2D eigenvalue weighted by molar-refractivity contribution is 5.44. The number of nitriles is 1. The summed E-state index contributed by atoms with van der Waals surface area (Å²) in [7, 11) is 0. The molecule has 140 valence electrons. The summed E-state index contributed by atoms with van der Waals surface area (Å²) in [6.07, 6.45) is 5.38. The highest BCUT2D eigenvalue weighted by Crippen LogP contribution is 2.41. The number of nitrogens with two attached hydrogens (primary N) is 1. The quantitative estimate of drug-likeness (QED) is 0.560. The molecule has 5 nitrogen and oxygen atoms in total. The zero-order chi connectivity index (χ0) is 20.1. The molecule has 3 aromatic heterocycles. The molecular formula is C24H19N5. The summed E-state index contributed by atoms with van der Waals surface area (Å²) in [5.74, 6) is 0.126. The Hall–Kier alpha value is -4.04. The maximum Gasteiger partial charge on any atom is 0.123 e. The van der Waals surface area contributed by atoms with Gasteiger partial charge in [-0.05, 0) is 53.6 Å². The van der Waals surface area contributed by atoms with Gasteiger partial charge in [0.05, 0.1) is 17.3 Å². The van der Waals surface area contributed by atoms with E-state index in [-0.39, 0.29) is 11.8 Å². The van der Waals surface area contributed by atoms with E-state index in [2.05, 4.69) is 21.0 Å². The molecule has 4 rings (SSSR count). The lowest BCUT2D eigenvalue weighted by molar-refractivity contribution is 0.656. The number of nitrogen functional groups attached to an aromatic ring is 1. The summed E-state index contributed by atoms with van der Waals surface area (Å²) in [4.78, 5) is 13.6. The SMILES string of the molecule is N#Cc1cccc(C(c2ccccn2)C(c2cccnc2)c2cccc(N)n2)c1. The first kappa shape index (κ1) is 18.3. The van der Waals surface area contributed by atoms with E-state index < -0.39 is 0 Å². The molecule has 5 heteroatoms. The first-order chi connectivity index (χ1) is 14.3. The van der Waals surface area contributed by atoms with Gasteiger partial charge in [0.25, 0.3) is 0 Å². The van der Waals surface area contributed by atoms with Crippen molar-refractivity contribution in [3.8, 4) is 6.07 Å². The third-order valence-corrected chi connectivity index (χ3v) is 4.87. The summed E-state index contributed by atoms with van der Waals surface area (Å²) in [6, 6.07) is 25.3. The van der Waals surface area contributed by atoms with Crippen molar-refractivity contribution in [2.75, 3.05) is 5.73 Å². The number of rotatable bonds is 5. The van der Waals surface area contributed by atoms with Crippen molar-refractivity contribution in [1.82, 2.24) is 15.0 Å². The van der Waals surface area contributed by atoms with Gasteiger partial charge in [0.2, 0.25) is 0 Å². The number of nitrogens with zero attached hydrogens (tertiary/aromatic N) is 4. The molecule has 2 N–H and O–H groups in total. The Bertz CT molecular complexity index is 1140. The smallest absolute Gasteiger partial charge is 0.123 e. The predicted octanol–water partition coefficient (Wildman–Crippen LogP) is 4.29. The average molecular weight is 377 g/mol. The van der Waals surface area contributed by atoms with Crippen LogP contribution in [-0.4, -0.2) is 15.0 Å². The lowest BCUT2D eigenvalue weighted by Crippen LogP contribution is -2.17. The molecule has 2 unspecified atom stereocenters. The normalized spacial score (nSPS) is 12.7. The van der Waals surface area contributed by atoms with Crippen LogP contribution >= 0.6 is 0 Å². The van der Waals surface area contributed by atoms with Gasteiger partial charge >= 0.3 is 0 Å². The molecule has 2 atom stereocenters. The van der Waals surface area contributed by atoms with Crippen molar-refractivity contribution in [3.05, 3.63) is 119 Å². The molecule has 4 aromatic rings. The molecule has 0 aliphatic carbocycles. The lowest BCUT2D eigenvalue weighted by atomic mass is 9.77. The molecule has 0 aliphatic heterocycles. The average Bonchev–Trinajstić information content (AvgIpc) is 2.78. The second-order valence-electron chi connectivity index (χ2n) is 6.72. The number of aromatic nitrogens is 3. The van der Waals surface area contributed by atoms with Crippen molar-refractivity contribution in [2.45, 2.75) is 11.8 Å². The van der Waals surface area contributed by atoms with Crippen LogP contribution in [0.25, 0.3) is 0 Å². The second-order valence-corrected chi connectivity index (χ2v) is 6.72. The monoisotopic (exact) mass is 377 g/mol. The molecule has 29 heavy (non-hydrogen) atoms. The Balaban J connectivity index is 1.97. The van der Waals surface area contributed by atoms with Crippen LogP contribution in [0.4, 0.5) is 5.82 Å². The van der Waals surface area contributed by atoms with Crippen LogP contribution in [0.5, 0.6) is 0 Å². The van der Waals surface area contributed by atoms with E-state index in [1.165, 1.54) is 0 Å². The summed E-state index contributed by atoms with van der Waals surface area (Å²) in [5, 5.41) is 9.42. The van der Waals surface area contributed by atoms with Crippen LogP contribution < -0.4 is 5.73 Å². The Kier molecular flexibility index (Phi) is 5.26. The molecule has 0 saturated carbocycles. The van der Waals surface area contributed by atoms with E-state index in [1.54, 1.807) is 24.5 Å². The molecule has 0 radical (unpaired) electrons. The van der Waals surface area contributed by atoms with Crippen molar-refractivity contribution in [1.29, 1.82) is 5.26 Å². The maximum absolute atomic E-state index is 9.42.